The molecule has 2 N–H and O–H groups in total. The van der Waals surface area contributed by atoms with Crippen LogP contribution in [0.2, 0.25) is 0 Å². The van der Waals surface area contributed by atoms with Crippen molar-refractivity contribution in [3.05, 3.63) is 0 Å². The van der Waals surface area contributed by atoms with E-state index in [2.05, 4.69) is 10.6 Å². The van der Waals surface area contributed by atoms with E-state index in [-0.39, 0.29) is 17.4 Å². The Morgan fingerprint density at radius 1 is 1.41 bits per heavy atom. The van der Waals surface area contributed by atoms with E-state index in [1.807, 2.05) is 0 Å². The van der Waals surface area contributed by atoms with E-state index in [4.69, 9.17) is 14.2 Å². The molecule has 6 nitrogen and oxygen atoms in total. The summed E-state index contributed by atoms with van der Waals surface area (Å²) in [5, 5.41) is 6.34. The molecular formula is C16H30N2O4. The lowest BCUT2D eigenvalue weighted by Crippen LogP contribution is -2.50. The van der Waals surface area contributed by atoms with Crippen molar-refractivity contribution in [2.24, 2.45) is 5.41 Å². The lowest BCUT2D eigenvalue weighted by Gasteiger charge is -2.35. The number of ether oxygens (including phenoxy) is 3. The van der Waals surface area contributed by atoms with Gasteiger partial charge in [-0.25, -0.2) is 0 Å². The van der Waals surface area contributed by atoms with Gasteiger partial charge in [-0.05, 0) is 45.2 Å². The monoisotopic (exact) mass is 314 g/mol. The van der Waals surface area contributed by atoms with Crippen molar-refractivity contribution in [1.29, 1.82) is 0 Å². The molecule has 22 heavy (non-hydrogen) atoms. The van der Waals surface area contributed by atoms with Gasteiger partial charge in [0.1, 0.15) is 0 Å². The molecule has 0 radical (unpaired) electrons. The molecule has 2 heterocycles. The van der Waals surface area contributed by atoms with E-state index in [1.165, 1.54) is 0 Å². The first-order valence-corrected chi connectivity index (χ1v) is 8.44. The Balaban J connectivity index is 1.59. The number of amides is 1. The minimum absolute atomic E-state index is 0.120. The van der Waals surface area contributed by atoms with Gasteiger partial charge in [0, 0.05) is 26.9 Å². The SMILES string of the molecule is COCC1(C(=O)NCCCOCC2CCCO2)CCNCC1. The van der Waals surface area contributed by atoms with Gasteiger partial charge in [0.2, 0.25) is 5.91 Å². The lowest BCUT2D eigenvalue weighted by molar-refractivity contribution is -0.136. The Morgan fingerprint density at radius 3 is 2.91 bits per heavy atom. The van der Waals surface area contributed by atoms with E-state index >= 15 is 0 Å². The average molecular weight is 314 g/mol. The van der Waals surface area contributed by atoms with Gasteiger partial charge in [-0.3, -0.25) is 4.79 Å². The molecule has 2 saturated heterocycles. The van der Waals surface area contributed by atoms with Crippen LogP contribution in [0.1, 0.15) is 32.1 Å². The Morgan fingerprint density at radius 2 is 2.23 bits per heavy atom. The van der Waals surface area contributed by atoms with Crippen molar-refractivity contribution in [2.45, 2.75) is 38.2 Å². The van der Waals surface area contributed by atoms with Crippen LogP contribution in [0.25, 0.3) is 0 Å². The van der Waals surface area contributed by atoms with Gasteiger partial charge in [0.05, 0.1) is 24.7 Å². The second-order valence-electron chi connectivity index (χ2n) is 6.28. The normalized spacial score (nSPS) is 24.3. The van der Waals surface area contributed by atoms with Crippen LogP contribution < -0.4 is 10.6 Å². The number of hydrogen-bond donors (Lipinski definition) is 2. The van der Waals surface area contributed by atoms with Crippen molar-refractivity contribution in [1.82, 2.24) is 10.6 Å². The second kappa shape index (κ2) is 9.45. The molecule has 0 saturated carbocycles. The van der Waals surface area contributed by atoms with Gasteiger partial charge in [0.15, 0.2) is 0 Å². The summed E-state index contributed by atoms with van der Waals surface area (Å²) in [6.45, 7) is 5.11. The fraction of sp³-hybridized carbons (Fsp3) is 0.938. The Labute approximate surface area is 133 Å². The van der Waals surface area contributed by atoms with E-state index in [0.717, 1.165) is 51.8 Å². The molecule has 0 aromatic rings. The van der Waals surface area contributed by atoms with Crippen LogP contribution >= 0.6 is 0 Å². The van der Waals surface area contributed by atoms with Crippen molar-refractivity contribution in [3.63, 3.8) is 0 Å². The molecule has 0 aliphatic carbocycles. The van der Waals surface area contributed by atoms with Crippen molar-refractivity contribution in [2.75, 3.05) is 53.2 Å². The van der Waals surface area contributed by atoms with Crippen LogP contribution in [-0.4, -0.2) is 65.2 Å². The molecule has 2 aliphatic heterocycles. The number of nitrogens with one attached hydrogen (secondary N) is 2. The largest absolute Gasteiger partial charge is 0.384 e. The van der Waals surface area contributed by atoms with Crippen molar-refractivity contribution >= 4 is 5.91 Å². The van der Waals surface area contributed by atoms with E-state index < -0.39 is 0 Å². The summed E-state index contributed by atoms with van der Waals surface area (Å²) < 4.78 is 16.4. The summed E-state index contributed by atoms with van der Waals surface area (Å²) >= 11 is 0. The molecule has 0 aromatic carbocycles. The molecule has 128 valence electrons. The van der Waals surface area contributed by atoms with Crippen LogP contribution in [-0.2, 0) is 19.0 Å². The molecule has 6 heteroatoms. The summed E-state index contributed by atoms with van der Waals surface area (Å²) in [5.74, 6) is 0.120. The molecule has 2 aliphatic rings. The van der Waals surface area contributed by atoms with Gasteiger partial charge in [-0.15, -0.1) is 0 Å². The first-order chi connectivity index (χ1) is 10.8. The van der Waals surface area contributed by atoms with Gasteiger partial charge in [0.25, 0.3) is 0 Å². The highest BCUT2D eigenvalue weighted by Gasteiger charge is 2.39. The summed E-state index contributed by atoms with van der Waals surface area (Å²) in [6, 6.07) is 0. The smallest absolute Gasteiger partial charge is 0.228 e. The van der Waals surface area contributed by atoms with Gasteiger partial charge in [-0.1, -0.05) is 0 Å². The minimum atomic E-state index is -0.363. The van der Waals surface area contributed by atoms with E-state index in [9.17, 15) is 4.79 Å². The van der Waals surface area contributed by atoms with E-state index in [1.54, 1.807) is 7.11 Å². The second-order valence-corrected chi connectivity index (χ2v) is 6.28. The zero-order valence-electron chi connectivity index (χ0n) is 13.7. The highest BCUT2D eigenvalue weighted by Crippen LogP contribution is 2.29. The number of methoxy groups -OCH3 is 1. The molecule has 2 rings (SSSR count). The highest BCUT2D eigenvalue weighted by molar-refractivity contribution is 5.82. The number of carbonyl (C=O) groups is 1. The zero-order valence-corrected chi connectivity index (χ0v) is 13.7. The lowest BCUT2D eigenvalue weighted by atomic mass is 9.78. The van der Waals surface area contributed by atoms with Gasteiger partial charge in [-0.2, -0.15) is 0 Å². The molecule has 0 spiro atoms. The Hall–Kier alpha value is -0.690. The summed E-state index contributed by atoms with van der Waals surface area (Å²) in [6.07, 6.45) is 5.02. The van der Waals surface area contributed by atoms with Crippen LogP contribution in [0, 0.1) is 5.41 Å². The number of rotatable bonds is 9. The fourth-order valence-corrected chi connectivity index (χ4v) is 3.17. The number of piperidine rings is 1. The summed E-state index contributed by atoms with van der Waals surface area (Å²) in [7, 11) is 1.66. The maximum atomic E-state index is 12.5. The van der Waals surface area contributed by atoms with Gasteiger partial charge >= 0.3 is 0 Å². The molecule has 1 amide bonds. The average Bonchev–Trinajstić information content (AvgIpc) is 3.05. The molecule has 2 fully saturated rings. The molecule has 1 atom stereocenters. The third kappa shape index (κ3) is 5.19. The van der Waals surface area contributed by atoms with Crippen molar-refractivity contribution < 1.29 is 19.0 Å². The molecule has 0 bridgehead atoms. The predicted molar refractivity (Wildman–Crippen MR) is 83.8 cm³/mol. The Kier molecular flexibility index (Phi) is 7.59. The number of hydrogen-bond acceptors (Lipinski definition) is 5. The molecule has 1 unspecified atom stereocenters. The molecule has 0 aromatic heterocycles. The van der Waals surface area contributed by atoms with Gasteiger partial charge < -0.3 is 24.8 Å². The third-order valence-corrected chi connectivity index (χ3v) is 4.54. The zero-order chi connectivity index (χ0) is 15.7. The summed E-state index contributed by atoms with van der Waals surface area (Å²) in [5.41, 5.74) is -0.363. The van der Waals surface area contributed by atoms with Crippen LogP contribution in [0.3, 0.4) is 0 Å². The van der Waals surface area contributed by atoms with E-state index in [0.29, 0.717) is 26.4 Å². The van der Waals surface area contributed by atoms with Crippen molar-refractivity contribution in [3.8, 4) is 0 Å². The standard InChI is InChI=1S/C16H30N2O4/c1-20-13-16(5-8-17-9-6-16)15(19)18-7-3-10-21-12-14-4-2-11-22-14/h14,17H,2-13H2,1H3,(H,18,19). The van der Waals surface area contributed by atoms with Crippen LogP contribution in [0.4, 0.5) is 0 Å². The maximum Gasteiger partial charge on any atom is 0.228 e. The van der Waals surface area contributed by atoms with Crippen LogP contribution in [0.5, 0.6) is 0 Å². The minimum Gasteiger partial charge on any atom is -0.384 e. The predicted octanol–water partition coefficient (Wildman–Crippen LogP) is 0.705. The highest BCUT2D eigenvalue weighted by atomic mass is 16.5. The Bertz CT molecular complexity index is 321. The first kappa shape index (κ1) is 17.7. The quantitative estimate of drug-likeness (QED) is 0.613. The summed E-state index contributed by atoms with van der Waals surface area (Å²) in [4.78, 5) is 12.5. The molecular weight excluding hydrogens is 284 g/mol. The first-order valence-electron chi connectivity index (χ1n) is 8.44. The van der Waals surface area contributed by atoms with Crippen LogP contribution in [0.15, 0.2) is 0 Å². The third-order valence-electron chi connectivity index (χ3n) is 4.54. The maximum absolute atomic E-state index is 12.5. The number of carbonyl (C=O) groups excluding carboxylic acids is 1. The topological polar surface area (TPSA) is 68.8 Å². The fourth-order valence-electron chi connectivity index (χ4n) is 3.17.